The van der Waals surface area contributed by atoms with Crippen molar-refractivity contribution in [2.75, 3.05) is 20.8 Å². The largest absolute Gasteiger partial charge is 0.467 e. The summed E-state index contributed by atoms with van der Waals surface area (Å²) in [4.78, 5) is 37.4. The van der Waals surface area contributed by atoms with Crippen molar-refractivity contribution in [2.45, 2.75) is 45.7 Å². The number of rotatable bonds is 3. The van der Waals surface area contributed by atoms with Crippen LogP contribution < -0.4 is 5.32 Å². The number of hydrogen-bond donors (Lipinski definition) is 1. The van der Waals surface area contributed by atoms with E-state index in [1.54, 1.807) is 0 Å². The van der Waals surface area contributed by atoms with Gasteiger partial charge in [-0.3, -0.25) is 4.79 Å². The van der Waals surface area contributed by atoms with E-state index in [2.05, 4.69) is 10.1 Å². The lowest BCUT2D eigenvalue weighted by atomic mass is 9.85. The van der Waals surface area contributed by atoms with Crippen molar-refractivity contribution >= 4 is 18.0 Å². The lowest BCUT2D eigenvalue weighted by molar-refractivity contribution is -0.152. The summed E-state index contributed by atoms with van der Waals surface area (Å²) in [5, 5.41) is 2.56. The van der Waals surface area contributed by atoms with Gasteiger partial charge in [-0.2, -0.15) is 0 Å². The average molecular weight is 300 g/mol. The van der Waals surface area contributed by atoms with Crippen LogP contribution in [0.5, 0.6) is 0 Å². The van der Waals surface area contributed by atoms with Gasteiger partial charge in [0.1, 0.15) is 12.1 Å². The van der Waals surface area contributed by atoms with Gasteiger partial charge in [0.25, 0.3) is 0 Å². The van der Waals surface area contributed by atoms with Crippen LogP contribution in [0.25, 0.3) is 0 Å². The number of carbonyl (C=O) groups is 3. The number of alkyl carbamates (subject to hydrolysis) is 1. The Morgan fingerprint density at radius 1 is 1.19 bits per heavy atom. The molecule has 1 heterocycles. The molecule has 1 saturated heterocycles. The van der Waals surface area contributed by atoms with Gasteiger partial charge < -0.3 is 19.7 Å². The number of esters is 1. The first kappa shape index (κ1) is 17.3. The minimum Gasteiger partial charge on any atom is -0.467 e. The van der Waals surface area contributed by atoms with Crippen molar-refractivity contribution in [3.63, 3.8) is 0 Å². The van der Waals surface area contributed by atoms with E-state index in [4.69, 9.17) is 4.74 Å². The Hall–Kier alpha value is -1.79. The third-order valence-electron chi connectivity index (χ3n) is 3.57. The summed E-state index contributed by atoms with van der Waals surface area (Å²) in [7, 11) is 2.55. The predicted octanol–water partition coefficient (Wildman–Crippen LogP) is 0.921. The first-order chi connectivity index (χ1) is 9.72. The molecule has 7 heteroatoms. The van der Waals surface area contributed by atoms with E-state index in [0.29, 0.717) is 13.0 Å². The average Bonchev–Trinajstić information content (AvgIpc) is 2.90. The summed E-state index contributed by atoms with van der Waals surface area (Å²) in [6, 6.07) is -1.35. The minimum atomic E-state index is -0.768. The first-order valence-corrected chi connectivity index (χ1v) is 6.95. The molecule has 1 aliphatic rings. The van der Waals surface area contributed by atoms with E-state index in [1.165, 1.54) is 19.1 Å². The number of amides is 2. The van der Waals surface area contributed by atoms with Crippen molar-refractivity contribution in [1.82, 2.24) is 10.2 Å². The maximum Gasteiger partial charge on any atom is 0.407 e. The fraction of sp³-hybridized carbons (Fsp3) is 0.786. The van der Waals surface area contributed by atoms with Crippen LogP contribution in [0, 0.1) is 5.41 Å². The van der Waals surface area contributed by atoms with Crippen LogP contribution in [0.1, 0.15) is 33.6 Å². The van der Waals surface area contributed by atoms with Crippen LogP contribution in [0.4, 0.5) is 4.79 Å². The second-order valence-electron chi connectivity index (χ2n) is 6.15. The van der Waals surface area contributed by atoms with Gasteiger partial charge in [-0.05, 0) is 18.3 Å². The molecular weight excluding hydrogens is 276 g/mol. The second kappa shape index (κ2) is 6.78. The number of carbonyl (C=O) groups excluding carboxylic acids is 3. The van der Waals surface area contributed by atoms with E-state index in [0.717, 1.165) is 6.42 Å². The number of methoxy groups -OCH3 is 2. The zero-order valence-corrected chi connectivity index (χ0v) is 13.3. The highest BCUT2D eigenvalue weighted by Gasteiger charge is 2.42. The SMILES string of the molecule is COC(=O)N[C@H](C(=O)N1CCC[C@H]1C(=O)OC)C(C)(C)C. The molecule has 21 heavy (non-hydrogen) atoms. The van der Waals surface area contributed by atoms with Gasteiger partial charge in [0.15, 0.2) is 0 Å². The van der Waals surface area contributed by atoms with E-state index >= 15 is 0 Å². The summed E-state index contributed by atoms with van der Waals surface area (Å²) in [5.41, 5.74) is -0.505. The number of likely N-dealkylation sites (tertiary alicyclic amines) is 1. The molecule has 1 aliphatic heterocycles. The van der Waals surface area contributed by atoms with E-state index < -0.39 is 29.6 Å². The lowest BCUT2D eigenvalue weighted by Crippen LogP contribution is -2.56. The van der Waals surface area contributed by atoms with Crippen LogP contribution in [0.2, 0.25) is 0 Å². The van der Waals surface area contributed by atoms with Gasteiger partial charge in [0.2, 0.25) is 5.91 Å². The maximum absolute atomic E-state index is 12.7. The number of hydrogen-bond acceptors (Lipinski definition) is 5. The normalized spacial score (nSPS) is 19.9. The van der Waals surface area contributed by atoms with Gasteiger partial charge in [-0.1, -0.05) is 20.8 Å². The zero-order chi connectivity index (χ0) is 16.2. The molecule has 0 aromatic rings. The third kappa shape index (κ3) is 4.09. The van der Waals surface area contributed by atoms with Crippen molar-refractivity contribution < 1.29 is 23.9 Å². The van der Waals surface area contributed by atoms with E-state index in [-0.39, 0.29) is 5.91 Å². The fourth-order valence-electron chi connectivity index (χ4n) is 2.40. The molecule has 2 atom stereocenters. The number of ether oxygens (including phenoxy) is 2. The van der Waals surface area contributed by atoms with Crippen LogP contribution in [0.15, 0.2) is 0 Å². The van der Waals surface area contributed by atoms with Gasteiger partial charge in [0.05, 0.1) is 14.2 Å². The summed E-state index contributed by atoms with van der Waals surface area (Å²) in [6.45, 7) is 6.01. The molecule has 1 rings (SSSR count). The standard InChI is InChI=1S/C14H24N2O5/c1-14(2,3)10(15-13(19)21-5)11(17)16-8-6-7-9(16)12(18)20-4/h9-10H,6-8H2,1-5H3,(H,15,19)/t9-,10+/m0/s1. The molecule has 0 aliphatic carbocycles. The Kier molecular flexibility index (Phi) is 5.57. The summed E-state index contributed by atoms with van der Waals surface area (Å²) in [5.74, 6) is -0.715. The Morgan fingerprint density at radius 3 is 2.29 bits per heavy atom. The van der Waals surface area contributed by atoms with Crippen molar-refractivity contribution in [2.24, 2.45) is 5.41 Å². The molecule has 0 aromatic heterocycles. The molecule has 0 spiro atoms. The fourth-order valence-corrected chi connectivity index (χ4v) is 2.40. The molecular formula is C14H24N2O5. The highest BCUT2D eigenvalue weighted by atomic mass is 16.5. The van der Waals surface area contributed by atoms with Crippen LogP contribution in [0.3, 0.4) is 0 Å². The molecule has 1 fully saturated rings. The molecule has 0 saturated carbocycles. The van der Waals surface area contributed by atoms with Gasteiger partial charge >= 0.3 is 12.1 Å². The quantitative estimate of drug-likeness (QED) is 0.783. The lowest BCUT2D eigenvalue weighted by Gasteiger charge is -2.34. The number of nitrogens with one attached hydrogen (secondary N) is 1. The highest BCUT2D eigenvalue weighted by Crippen LogP contribution is 2.26. The summed E-state index contributed by atoms with van der Waals surface area (Å²) >= 11 is 0. The Morgan fingerprint density at radius 2 is 1.81 bits per heavy atom. The predicted molar refractivity (Wildman–Crippen MR) is 75.5 cm³/mol. The van der Waals surface area contributed by atoms with Gasteiger partial charge in [-0.25, -0.2) is 9.59 Å². The Bertz CT molecular complexity index is 416. The Balaban J connectivity index is 2.94. The molecule has 0 bridgehead atoms. The minimum absolute atomic E-state index is 0.291. The van der Waals surface area contributed by atoms with E-state index in [9.17, 15) is 14.4 Å². The van der Waals surface area contributed by atoms with Gasteiger partial charge in [-0.15, -0.1) is 0 Å². The molecule has 0 aromatic carbocycles. The molecule has 2 amide bonds. The third-order valence-corrected chi connectivity index (χ3v) is 3.57. The van der Waals surface area contributed by atoms with Gasteiger partial charge in [0, 0.05) is 6.54 Å². The Labute approximate surface area is 124 Å². The summed E-state index contributed by atoms with van der Waals surface area (Å²) < 4.78 is 9.31. The molecule has 0 unspecified atom stereocenters. The smallest absolute Gasteiger partial charge is 0.407 e. The van der Waals surface area contributed by atoms with Crippen molar-refractivity contribution in [3.05, 3.63) is 0 Å². The topological polar surface area (TPSA) is 84.9 Å². The molecule has 1 N–H and O–H groups in total. The van der Waals surface area contributed by atoms with Crippen molar-refractivity contribution in [3.8, 4) is 0 Å². The summed E-state index contributed by atoms with van der Waals surface area (Å²) in [6.07, 6.45) is 0.644. The maximum atomic E-state index is 12.7. The molecule has 7 nitrogen and oxygen atoms in total. The molecule has 0 radical (unpaired) electrons. The van der Waals surface area contributed by atoms with Crippen LogP contribution in [-0.2, 0) is 19.1 Å². The highest BCUT2D eigenvalue weighted by molar-refractivity contribution is 5.90. The number of nitrogens with zero attached hydrogens (tertiary/aromatic N) is 1. The van der Waals surface area contributed by atoms with Crippen molar-refractivity contribution in [1.29, 1.82) is 0 Å². The van der Waals surface area contributed by atoms with Crippen LogP contribution in [-0.4, -0.2) is 55.7 Å². The second-order valence-corrected chi connectivity index (χ2v) is 6.15. The van der Waals surface area contributed by atoms with Crippen LogP contribution >= 0.6 is 0 Å². The zero-order valence-electron chi connectivity index (χ0n) is 13.3. The first-order valence-electron chi connectivity index (χ1n) is 6.95. The van der Waals surface area contributed by atoms with E-state index in [1.807, 2.05) is 20.8 Å². The molecule has 120 valence electrons. The monoisotopic (exact) mass is 300 g/mol.